The summed E-state index contributed by atoms with van der Waals surface area (Å²) in [4.78, 5) is 22.6. The van der Waals surface area contributed by atoms with Crippen molar-refractivity contribution >= 4 is 17.6 Å². The molecule has 0 atom stereocenters. The van der Waals surface area contributed by atoms with Gasteiger partial charge < -0.3 is 14.8 Å². The predicted molar refractivity (Wildman–Crippen MR) is 72.1 cm³/mol. The number of ether oxygens (including phenoxy) is 2. The van der Waals surface area contributed by atoms with E-state index in [0.29, 0.717) is 18.0 Å². The molecule has 0 bridgehead atoms. The largest absolute Gasteiger partial charge is 0.476 e. The molecule has 5 nitrogen and oxygen atoms in total. The normalized spacial score (nSPS) is 10.7. The van der Waals surface area contributed by atoms with Crippen LogP contribution in [-0.4, -0.2) is 24.1 Å². The summed E-state index contributed by atoms with van der Waals surface area (Å²) < 4.78 is 10.5. The van der Waals surface area contributed by atoms with E-state index in [1.165, 1.54) is 6.92 Å². The second-order valence-electron chi connectivity index (χ2n) is 4.54. The van der Waals surface area contributed by atoms with Crippen LogP contribution >= 0.6 is 0 Å². The van der Waals surface area contributed by atoms with Gasteiger partial charge in [-0.15, -0.1) is 0 Å². The van der Waals surface area contributed by atoms with Crippen molar-refractivity contribution in [3.8, 4) is 5.75 Å². The molecule has 0 fully saturated rings. The smallest absolute Gasteiger partial charge is 0.349 e. The molecule has 0 aromatic heterocycles. The molecule has 1 rings (SSSR count). The van der Waals surface area contributed by atoms with Crippen LogP contribution in [0.1, 0.15) is 27.7 Å². The van der Waals surface area contributed by atoms with Crippen molar-refractivity contribution in [1.29, 1.82) is 0 Å². The summed E-state index contributed by atoms with van der Waals surface area (Å²) in [7, 11) is 0. The number of hydrogen-bond donors (Lipinski definition) is 1. The zero-order chi connectivity index (χ0) is 14.5. The molecular formula is C14H19NO4. The molecule has 5 heteroatoms. The van der Waals surface area contributed by atoms with E-state index in [-0.39, 0.29) is 5.91 Å². The second kappa shape index (κ2) is 6.22. The maximum atomic E-state index is 11.7. The Hall–Kier alpha value is -2.04. The van der Waals surface area contributed by atoms with Gasteiger partial charge in [0.2, 0.25) is 5.91 Å². The summed E-state index contributed by atoms with van der Waals surface area (Å²) in [6, 6.07) is 6.79. The number of benzene rings is 1. The average Bonchev–Trinajstić information content (AvgIpc) is 2.31. The van der Waals surface area contributed by atoms with Gasteiger partial charge in [-0.2, -0.15) is 0 Å². The fourth-order valence-electron chi connectivity index (χ4n) is 1.45. The van der Waals surface area contributed by atoms with Crippen LogP contribution in [0.25, 0.3) is 0 Å². The molecule has 1 amide bonds. The van der Waals surface area contributed by atoms with Crippen molar-refractivity contribution in [1.82, 2.24) is 0 Å². The number of hydrogen-bond acceptors (Lipinski definition) is 4. The van der Waals surface area contributed by atoms with E-state index in [4.69, 9.17) is 9.47 Å². The Bertz CT molecular complexity index is 451. The second-order valence-corrected chi connectivity index (χ2v) is 4.54. The lowest BCUT2D eigenvalue weighted by Crippen LogP contribution is -2.39. The van der Waals surface area contributed by atoms with E-state index < -0.39 is 11.6 Å². The lowest BCUT2D eigenvalue weighted by Gasteiger charge is -2.24. The standard InChI is InChI=1S/C14H19NO4/c1-5-18-13(17)14(3,4)19-12-8-6-11(7-9-12)15-10(2)16/h6-9H,5H2,1-4H3,(H,15,16). The van der Waals surface area contributed by atoms with Gasteiger partial charge in [0, 0.05) is 12.6 Å². The fourth-order valence-corrected chi connectivity index (χ4v) is 1.45. The lowest BCUT2D eigenvalue weighted by molar-refractivity contribution is -0.158. The maximum Gasteiger partial charge on any atom is 0.349 e. The van der Waals surface area contributed by atoms with Crippen molar-refractivity contribution in [2.75, 3.05) is 11.9 Å². The number of anilines is 1. The number of esters is 1. The first-order valence-corrected chi connectivity index (χ1v) is 6.09. The summed E-state index contributed by atoms with van der Waals surface area (Å²) in [5.74, 6) is -0.0198. The molecule has 0 radical (unpaired) electrons. The molecule has 0 aliphatic rings. The van der Waals surface area contributed by atoms with E-state index in [0.717, 1.165) is 0 Å². The van der Waals surface area contributed by atoms with Crippen LogP contribution in [0.5, 0.6) is 5.75 Å². The zero-order valence-electron chi connectivity index (χ0n) is 11.6. The highest BCUT2D eigenvalue weighted by atomic mass is 16.6. The van der Waals surface area contributed by atoms with E-state index in [1.54, 1.807) is 45.0 Å². The molecule has 0 saturated heterocycles. The molecule has 1 aromatic carbocycles. The van der Waals surface area contributed by atoms with Crippen molar-refractivity contribution < 1.29 is 19.1 Å². The van der Waals surface area contributed by atoms with E-state index in [9.17, 15) is 9.59 Å². The monoisotopic (exact) mass is 265 g/mol. The molecule has 0 aliphatic heterocycles. The Labute approximate surface area is 112 Å². The maximum absolute atomic E-state index is 11.7. The Morgan fingerprint density at radius 3 is 2.26 bits per heavy atom. The first-order valence-electron chi connectivity index (χ1n) is 6.09. The van der Waals surface area contributed by atoms with Crippen molar-refractivity contribution in [3.63, 3.8) is 0 Å². The third kappa shape index (κ3) is 4.62. The first-order chi connectivity index (χ1) is 8.85. The van der Waals surface area contributed by atoms with Crippen LogP contribution in [0.4, 0.5) is 5.69 Å². The third-order valence-corrected chi connectivity index (χ3v) is 2.31. The topological polar surface area (TPSA) is 64.6 Å². The summed E-state index contributed by atoms with van der Waals surface area (Å²) >= 11 is 0. The van der Waals surface area contributed by atoms with E-state index in [2.05, 4.69) is 5.32 Å². The molecule has 0 heterocycles. The molecule has 0 unspecified atom stereocenters. The van der Waals surface area contributed by atoms with E-state index in [1.807, 2.05) is 0 Å². The van der Waals surface area contributed by atoms with Crippen molar-refractivity contribution in [2.45, 2.75) is 33.3 Å². The third-order valence-electron chi connectivity index (χ3n) is 2.31. The van der Waals surface area contributed by atoms with Crippen LogP contribution in [0.2, 0.25) is 0 Å². The van der Waals surface area contributed by atoms with Crippen LogP contribution in [-0.2, 0) is 14.3 Å². The summed E-state index contributed by atoms with van der Waals surface area (Å²) in [5.41, 5.74) is -0.375. The van der Waals surface area contributed by atoms with Gasteiger partial charge in [0.05, 0.1) is 6.61 Å². The highest BCUT2D eigenvalue weighted by molar-refractivity contribution is 5.88. The quantitative estimate of drug-likeness (QED) is 0.830. The molecule has 19 heavy (non-hydrogen) atoms. The van der Waals surface area contributed by atoms with Crippen molar-refractivity contribution in [3.05, 3.63) is 24.3 Å². The Morgan fingerprint density at radius 2 is 1.79 bits per heavy atom. The Morgan fingerprint density at radius 1 is 1.21 bits per heavy atom. The van der Waals surface area contributed by atoms with Crippen LogP contribution < -0.4 is 10.1 Å². The molecule has 1 aromatic rings. The minimum absolute atomic E-state index is 0.138. The molecule has 104 valence electrons. The van der Waals surface area contributed by atoms with Gasteiger partial charge in [-0.05, 0) is 45.0 Å². The number of carbonyl (C=O) groups excluding carboxylic acids is 2. The Kier molecular flexibility index (Phi) is 4.92. The van der Waals surface area contributed by atoms with Crippen LogP contribution in [0, 0.1) is 0 Å². The highest BCUT2D eigenvalue weighted by Gasteiger charge is 2.31. The van der Waals surface area contributed by atoms with Gasteiger partial charge in [-0.25, -0.2) is 4.79 Å². The van der Waals surface area contributed by atoms with Crippen LogP contribution in [0.15, 0.2) is 24.3 Å². The molecule has 0 saturated carbocycles. The Balaban J connectivity index is 2.71. The minimum Gasteiger partial charge on any atom is -0.476 e. The summed E-state index contributed by atoms with van der Waals surface area (Å²) in [6.07, 6.45) is 0. The average molecular weight is 265 g/mol. The van der Waals surface area contributed by atoms with Crippen molar-refractivity contribution in [2.24, 2.45) is 0 Å². The highest BCUT2D eigenvalue weighted by Crippen LogP contribution is 2.21. The van der Waals surface area contributed by atoms with Crippen LogP contribution in [0.3, 0.4) is 0 Å². The number of nitrogens with one attached hydrogen (secondary N) is 1. The molecule has 0 aliphatic carbocycles. The van der Waals surface area contributed by atoms with Gasteiger partial charge in [-0.3, -0.25) is 4.79 Å². The van der Waals surface area contributed by atoms with Gasteiger partial charge >= 0.3 is 5.97 Å². The van der Waals surface area contributed by atoms with E-state index >= 15 is 0 Å². The number of carbonyl (C=O) groups is 2. The first kappa shape index (κ1) is 15.0. The lowest BCUT2D eigenvalue weighted by atomic mass is 10.1. The predicted octanol–water partition coefficient (Wildman–Crippen LogP) is 2.37. The van der Waals surface area contributed by atoms with Gasteiger partial charge in [0.1, 0.15) is 5.75 Å². The molecule has 0 spiro atoms. The number of amides is 1. The van der Waals surface area contributed by atoms with Gasteiger partial charge in [0.15, 0.2) is 5.60 Å². The fraction of sp³-hybridized carbons (Fsp3) is 0.429. The molecular weight excluding hydrogens is 246 g/mol. The van der Waals surface area contributed by atoms with Gasteiger partial charge in [-0.1, -0.05) is 0 Å². The minimum atomic E-state index is -1.05. The van der Waals surface area contributed by atoms with Gasteiger partial charge in [0.25, 0.3) is 0 Å². The zero-order valence-corrected chi connectivity index (χ0v) is 11.6. The molecule has 1 N–H and O–H groups in total. The summed E-state index contributed by atoms with van der Waals surface area (Å²) in [6.45, 7) is 6.79. The summed E-state index contributed by atoms with van der Waals surface area (Å²) in [5, 5.41) is 2.65. The SMILES string of the molecule is CCOC(=O)C(C)(C)Oc1ccc(NC(C)=O)cc1. The number of rotatable bonds is 5.